The Morgan fingerprint density at radius 1 is 1.22 bits per heavy atom. The topological polar surface area (TPSA) is 53.7 Å². The summed E-state index contributed by atoms with van der Waals surface area (Å²) in [4.78, 5) is 13.8. The van der Waals surface area contributed by atoms with E-state index < -0.39 is 5.60 Å². The summed E-state index contributed by atoms with van der Waals surface area (Å²) in [5.41, 5.74) is 1.42. The smallest absolute Gasteiger partial charge is 0.227 e. The van der Waals surface area contributed by atoms with E-state index in [4.69, 9.17) is 10.8 Å². The number of carbonyl (C=O) groups excluding carboxylic acids is 1. The minimum atomic E-state index is -1.15. The van der Waals surface area contributed by atoms with Gasteiger partial charge in [-0.25, -0.2) is 0 Å². The molecule has 23 heavy (non-hydrogen) atoms. The van der Waals surface area contributed by atoms with Crippen LogP contribution in [0.25, 0.3) is 21.9 Å². The lowest BCUT2D eigenvalue weighted by molar-refractivity contribution is -0.146. The molecule has 0 radical (unpaired) electrons. The van der Waals surface area contributed by atoms with Crippen molar-refractivity contribution in [3.8, 4) is 12.3 Å². The van der Waals surface area contributed by atoms with Crippen LogP contribution in [0.5, 0.6) is 0 Å². The Morgan fingerprint density at radius 2 is 1.96 bits per heavy atom. The molecule has 1 aromatic heterocycles. The number of hydrogen-bond acceptors (Lipinski definition) is 3. The number of carbonyl (C=O) groups is 1. The summed E-state index contributed by atoms with van der Waals surface area (Å²) in [6, 6.07) is 13.6. The molecule has 0 aliphatic carbocycles. The van der Waals surface area contributed by atoms with E-state index >= 15 is 0 Å². The fourth-order valence-electron chi connectivity index (χ4n) is 3.02. The molecule has 4 heteroatoms. The number of rotatable bonds is 2. The van der Waals surface area contributed by atoms with Crippen LogP contribution in [0.3, 0.4) is 0 Å². The molecule has 1 aliphatic rings. The molecule has 4 nitrogen and oxygen atoms in total. The van der Waals surface area contributed by atoms with Gasteiger partial charge in [0.05, 0.1) is 19.5 Å². The molecule has 1 aliphatic heterocycles. The van der Waals surface area contributed by atoms with Crippen molar-refractivity contribution in [2.75, 3.05) is 13.1 Å². The zero-order valence-corrected chi connectivity index (χ0v) is 12.5. The van der Waals surface area contributed by atoms with Crippen LogP contribution in [0.15, 0.2) is 46.9 Å². The van der Waals surface area contributed by atoms with Crippen molar-refractivity contribution in [1.82, 2.24) is 4.90 Å². The van der Waals surface area contributed by atoms with Gasteiger partial charge in [0.2, 0.25) is 5.91 Å². The average molecular weight is 305 g/mol. The summed E-state index contributed by atoms with van der Waals surface area (Å²) in [6.45, 7) is 0.415. The number of aliphatic hydroxyl groups is 1. The third-order valence-electron chi connectivity index (χ3n) is 4.32. The number of nitrogens with zero attached hydrogens (tertiary/aromatic N) is 1. The minimum absolute atomic E-state index is 0.0305. The van der Waals surface area contributed by atoms with Crippen LogP contribution in [0.1, 0.15) is 5.56 Å². The lowest BCUT2D eigenvalue weighted by Crippen LogP contribution is -2.63. The molecule has 4 rings (SSSR count). The Hall–Kier alpha value is -2.77. The van der Waals surface area contributed by atoms with Gasteiger partial charge in [-0.1, -0.05) is 30.2 Å². The zero-order chi connectivity index (χ0) is 16.0. The van der Waals surface area contributed by atoms with Gasteiger partial charge in [0.25, 0.3) is 0 Å². The van der Waals surface area contributed by atoms with E-state index in [0.717, 1.165) is 27.5 Å². The molecule has 0 unspecified atom stereocenters. The van der Waals surface area contributed by atoms with Gasteiger partial charge in [0.15, 0.2) is 5.60 Å². The van der Waals surface area contributed by atoms with Crippen molar-refractivity contribution < 1.29 is 14.3 Å². The predicted octanol–water partition coefficient (Wildman–Crippen LogP) is 2.33. The zero-order valence-electron chi connectivity index (χ0n) is 12.5. The van der Waals surface area contributed by atoms with Gasteiger partial charge >= 0.3 is 0 Å². The normalized spacial score (nSPS) is 16.3. The van der Waals surface area contributed by atoms with Crippen molar-refractivity contribution >= 4 is 27.8 Å². The lowest BCUT2D eigenvalue weighted by atomic mass is 9.94. The SMILES string of the molecule is C#CC1(O)CN(C(=O)Cc2ccc3oc4ccccc4c3c2)C1. The van der Waals surface area contributed by atoms with Crippen molar-refractivity contribution in [3.05, 3.63) is 48.0 Å². The number of para-hydroxylation sites is 1. The summed E-state index contributed by atoms with van der Waals surface area (Å²) < 4.78 is 5.78. The first kappa shape index (κ1) is 13.9. The van der Waals surface area contributed by atoms with E-state index in [9.17, 15) is 9.90 Å². The van der Waals surface area contributed by atoms with E-state index in [1.54, 1.807) is 4.90 Å². The highest BCUT2D eigenvalue weighted by Gasteiger charge is 2.41. The average Bonchev–Trinajstić information content (AvgIpc) is 2.90. The molecule has 114 valence electrons. The molecule has 2 aromatic carbocycles. The quantitative estimate of drug-likeness (QED) is 0.739. The first-order valence-electron chi connectivity index (χ1n) is 7.46. The molecule has 2 heterocycles. The predicted molar refractivity (Wildman–Crippen MR) is 87.8 cm³/mol. The second-order valence-electron chi connectivity index (χ2n) is 6.03. The number of benzene rings is 2. The summed E-state index contributed by atoms with van der Waals surface area (Å²) in [5.74, 6) is 2.29. The van der Waals surface area contributed by atoms with Crippen molar-refractivity contribution in [1.29, 1.82) is 0 Å². The van der Waals surface area contributed by atoms with Gasteiger partial charge in [-0.15, -0.1) is 6.42 Å². The Labute approximate surface area is 133 Å². The van der Waals surface area contributed by atoms with Gasteiger partial charge in [-0.3, -0.25) is 4.79 Å². The van der Waals surface area contributed by atoms with E-state index in [-0.39, 0.29) is 25.4 Å². The molecule has 1 saturated heterocycles. The summed E-state index contributed by atoms with van der Waals surface area (Å²) in [5, 5.41) is 11.8. The third-order valence-corrected chi connectivity index (χ3v) is 4.32. The minimum Gasteiger partial charge on any atom is -0.456 e. The number of terminal acetylenes is 1. The number of hydrogen-bond donors (Lipinski definition) is 1. The first-order chi connectivity index (χ1) is 11.1. The fourth-order valence-corrected chi connectivity index (χ4v) is 3.02. The number of β-amino-alcohol motifs (C(OH)–C–C–N with tert-alkyl or cyclic N) is 1. The van der Waals surface area contributed by atoms with Gasteiger partial charge in [0, 0.05) is 10.8 Å². The lowest BCUT2D eigenvalue weighted by Gasteiger charge is -2.43. The molecular formula is C19H15NO3. The third kappa shape index (κ3) is 2.26. The van der Waals surface area contributed by atoms with Crippen LogP contribution < -0.4 is 0 Å². The van der Waals surface area contributed by atoms with Crippen LogP contribution in [0, 0.1) is 12.3 Å². The second kappa shape index (κ2) is 4.87. The summed E-state index contributed by atoms with van der Waals surface area (Å²) in [6.07, 6.45) is 5.53. The van der Waals surface area contributed by atoms with E-state index in [1.165, 1.54) is 0 Å². The highest BCUT2D eigenvalue weighted by molar-refractivity contribution is 6.05. The monoisotopic (exact) mass is 305 g/mol. The number of amides is 1. The first-order valence-corrected chi connectivity index (χ1v) is 7.46. The molecule has 1 fully saturated rings. The number of likely N-dealkylation sites (tertiary alicyclic amines) is 1. The molecule has 3 aromatic rings. The van der Waals surface area contributed by atoms with Gasteiger partial charge in [-0.05, 0) is 23.8 Å². The second-order valence-corrected chi connectivity index (χ2v) is 6.03. The van der Waals surface area contributed by atoms with E-state index in [0.29, 0.717) is 0 Å². The van der Waals surface area contributed by atoms with E-state index in [1.807, 2.05) is 42.5 Å². The van der Waals surface area contributed by atoms with Crippen LogP contribution in [-0.4, -0.2) is 34.6 Å². The maximum absolute atomic E-state index is 12.3. The number of fused-ring (bicyclic) bond motifs is 3. The van der Waals surface area contributed by atoms with Crippen LogP contribution in [0.4, 0.5) is 0 Å². The standard InChI is InChI=1S/C19H15NO3/c1-2-19(22)11-20(12-19)18(21)10-13-7-8-17-15(9-13)14-5-3-4-6-16(14)23-17/h1,3-9,22H,10-12H2. The molecule has 1 N–H and O–H groups in total. The Balaban J connectivity index is 1.59. The Bertz CT molecular complexity index is 958. The van der Waals surface area contributed by atoms with Crippen molar-refractivity contribution in [3.63, 3.8) is 0 Å². The summed E-state index contributed by atoms with van der Waals surface area (Å²) in [7, 11) is 0. The van der Waals surface area contributed by atoms with Gasteiger partial charge < -0.3 is 14.4 Å². The molecule has 0 saturated carbocycles. The molecule has 0 bridgehead atoms. The molecule has 1 amide bonds. The van der Waals surface area contributed by atoms with Gasteiger partial charge in [-0.2, -0.15) is 0 Å². The Morgan fingerprint density at radius 3 is 2.74 bits per heavy atom. The molecule has 0 spiro atoms. The maximum atomic E-state index is 12.3. The van der Waals surface area contributed by atoms with E-state index in [2.05, 4.69) is 5.92 Å². The molecule has 0 atom stereocenters. The maximum Gasteiger partial charge on any atom is 0.227 e. The van der Waals surface area contributed by atoms with Crippen molar-refractivity contribution in [2.24, 2.45) is 0 Å². The van der Waals surface area contributed by atoms with Crippen LogP contribution >= 0.6 is 0 Å². The van der Waals surface area contributed by atoms with Crippen molar-refractivity contribution in [2.45, 2.75) is 12.0 Å². The van der Waals surface area contributed by atoms with Gasteiger partial charge in [0.1, 0.15) is 11.2 Å². The van der Waals surface area contributed by atoms with Crippen LogP contribution in [-0.2, 0) is 11.2 Å². The largest absolute Gasteiger partial charge is 0.456 e. The highest BCUT2D eigenvalue weighted by atomic mass is 16.3. The van der Waals surface area contributed by atoms with Crippen LogP contribution in [0.2, 0.25) is 0 Å². The fraction of sp³-hybridized carbons (Fsp3) is 0.211. The number of furan rings is 1. The highest BCUT2D eigenvalue weighted by Crippen LogP contribution is 2.29. The summed E-state index contributed by atoms with van der Waals surface area (Å²) >= 11 is 0. The molecular weight excluding hydrogens is 290 g/mol. The Kier molecular flexibility index (Phi) is 2.93.